The fourth-order valence-electron chi connectivity index (χ4n) is 2.13. The van der Waals surface area contributed by atoms with Gasteiger partial charge in [-0.15, -0.1) is 0 Å². The minimum atomic E-state index is -1.52. The van der Waals surface area contributed by atoms with Crippen LogP contribution in [-0.4, -0.2) is 57.1 Å². The lowest BCUT2D eigenvalue weighted by atomic mass is 9.93. The lowest BCUT2D eigenvalue weighted by Gasteiger charge is -2.29. The van der Waals surface area contributed by atoms with E-state index in [4.69, 9.17) is 4.74 Å². The quantitative estimate of drug-likeness (QED) is 0.737. The maximum atomic E-state index is 14.0. The first-order chi connectivity index (χ1) is 11.2. The number of nitrogens with one attached hydrogen (secondary N) is 2. The van der Waals surface area contributed by atoms with Gasteiger partial charge in [0.2, 0.25) is 5.91 Å². The van der Waals surface area contributed by atoms with Crippen molar-refractivity contribution in [3.63, 3.8) is 0 Å². The molecule has 7 heteroatoms. The van der Waals surface area contributed by atoms with E-state index in [1.807, 2.05) is 19.0 Å². The van der Waals surface area contributed by atoms with Crippen LogP contribution in [0.1, 0.15) is 19.4 Å². The van der Waals surface area contributed by atoms with Gasteiger partial charge in [0, 0.05) is 25.8 Å². The summed E-state index contributed by atoms with van der Waals surface area (Å²) < 4.78 is 19.3. The highest BCUT2D eigenvalue weighted by Gasteiger charge is 2.38. The largest absolute Gasteiger partial charge is 0.364 e. The molecular weight excluding hydrogens is 313 g/mol. The summed E-state index contributed by atoms with van der Waals surface area (Å²) in [5.41, 5.74) is -1.41. The molecule has 0 bridgehead atoms. The van der Waals surface area contributed by atoms with Gasteiger partial charge in [-0.3, -0.25) is 9.59 Å². The lowest BCUT2D eigenvalue weighted by molar-refractivity contribution is -0.145. The molecule has 0 fully saturated rings. The number of carbonyl (C=O) groups is 2. The zero-order chi connectivity index (χ0) is 18.3. The van der Waals surface area contributed by atoms with Crippen LogP contribution in [0.2, 0.25) is 0 Å². The molecule has 1 aromatic rings. The summed E-state index contributed by atoms with van der Waals surface area (Å²) in [6.07, 6.45) is 0. The average molecular weight is 339 g/mol. The Morgan fingerprint density at radius 2 is 1.96 bits per heavy atom. The Bertz CT molecular complexity index is 580. The monoisotopic (exact) mass is 339 g/mol. The van der Waals surface area contributed by atoms with Gasteiger partial charge in [-0.25, -0.2) is 4.39 Å². The highest BCUT2D eigenvalue weighted by molar-refractivity contribution is 5.91. The molecule has 2 amide bonds. The van der Waals surface area contributed by atoms with Crippen molar-refractivity contribution < 1.29 is 18.7 Å². The van der Waals surface area contributed by atoms with E-state index in [0.717, 1.165) is 0 Å². The molecule has 134 valence electrons. The van der Waals surface area contributed by atoms with Crippen LogP contribution < -0.4 is 10.6 Å². The van der Waals surface area contributed by atoms with Crippen LogP contribution in [0, 0.1) is 5.82 Å². The third-order valence-electron chi connectivity index (χ3n) is 3.83. The molecule has 1 aromatic carbocycles. The zero-order valence-corrected chi connectivity index (χ0v) is 14.9. The topological polar surface area (TPSA) is 70.7 Å². The minimum absolute atomic E-state index is 0.116. The smallest absolute Gasteiger partial charge is 0.257 e. The molecule has 0 radical (unpaired) electrons. The molecule has 0 aliphatic heterocycles. The van der Waals surface area contributed by atoms with Crippen molar-refractivity contribution in [2.45, 2.75) is 25.5 Å². The molecule has 0 aliphatic rings. The van der Waals surface area contributed by atoms with Crippen LogP contribution in [0.4, 0.5) is 4.39 Å². The van der Waals surface area contributed by atoms with Crippen LogP contribution >= 0.6 is 0 Å². The van der Waals surface area contributed by atoms with E-state index in [1.54, 1.807) is 13.0 Å². The predicted molar refractivity (Wildman–Crippen MR) is 89.9 cm³/mol. The number of likely N-dealkylation sites (N-methyl/N-ethyl adjacent to an activating group) is 1. The number of nitrogens with zero attached hydrogens (tertiary/aromatic N) is 1. The molecule has 2 atom stereocenters. The standard InChI is InChI=1S/C17H26FN3O3/c1-12(15(22)19-10-11-21(3)4)20-16(23)17(2,24-5)13-8-6-7-9-14(13)18/h6-9,12H,10-11H2,1-5H3,(H,19,22)(H,20,23). The van der Waals surface area contributed by atoms with E-state index in [9.17, 15) is 14.0 Å². The van der Waals surface area contributed by atoms with E-state index in [1.165, 1.54) is 32.2 Å². The number of methoxy groups -OCH3 is 1. The van der Waals surface area contributed by atoms with Crippen LogP contribution in [-0.2, 0) is 19.9 Å². The first-order valence-corrected chi connectivity index (χ1v) is 7.76. The van der Waals surface area contributed by atoms with Crippen molar-refractivity contribution >= 4 is 11.8 Å². The van der Waals surface area contributed by atoms with Gasteiger partial charge in [0.1, 0.15) is 11.9 Å². The summed E-state index contributed by atoms with van der Waals surface area (Å²) in [4.78, 5) is 26.5. The van der Waals surface area contributed by atoms with Gasteiger partial charge in [-0.2, -0.15) is 0 Å². The fourth-order valence-corrected chi connectivity index (χ4v) is 2.13. The molecule has 0 aromatic heterocycles. The van der Waals surface area contributed by atoms with Gasteiger partial charge < -0.3 is 20.3 Å². The molecule has 0 heterocycles. The SMILES string of the molecule is COC(C)(C(=O)NC(C)C(=O)NCCN(C)C)c1ccccc1F. The van der Waals surface area contributed by atoms with E-state index in [2.05, 4.69) is 10.6 Å². The normalized spacial score (nSPS) is 14.8. The van der Waals surface area contributed by atoms with Crippen molar-refractivity contribution in [3.8, 4) is 0 Å². The molecule has 2 unspecified atom stereocenters. The molecule has 0 saturated carbocycles. The zero-order valence-electron chi connectivity index (χ0n) is 14.9. The predicted octanol–water partition coefficient (Wildman–Crippen LogP) is 0.870. The molecule has 0 spiro atoms. The number of carbonyl (C=O) groups excluding carboxylic acids is 2. The number of hydrogen-bond donors (Lipinski definition) is 2. The fraction of sp³-hybridized carbons (Fsp3) is 0.529. The van der Waals surface area contributed by atoms with Gasteiger partial charge in [0.25, 0.3) is 5.91 Å². The summed E-state index contributed by atoms with van der Waals surface area (Å²) in [6.45, 7) is 4.20. The number of ether oxygens (including phenoxy) is 1. The Morgan fingerprint density at radius 3 is 2.50 bits per heavy atom. The van der Waals surface area contributed by atoms with Crippen molar-refractivity contribution in [3.05, 3.63) is 35.6 Å². The maximum absolute atomic E-state index is 14.0. The summed E-state index contributed by atoms with van der Waals surface area (Å²) >= 11 is 0. The van der Waals surface area contributed by atoms with Gasteiger partial charge in [0.15, 0.2) is 5.60 Å². The maximum Gasteiger partial charge on any atom is 0.257 e. The molecule has 6 nitrogen and oxygen atoms in total. The Hall–Kier alpha value is -1.99. The van der Waals surface area contributed by atoms with E-state index < -0.39 is 23.4 Å². The third-order valence-corrected chi connectivity index (χ3v) is 3.83. The second-order valence-electron chi connectivity index (χ2n) is 6.01. The minimum Gasteiger partial charge on any atom is -0.364 e. The number of rotatable bonds is 8. The second-order valence-corrected chi connectivity index (χ2v) is 6.01. The first kappa shape index (κ1) is 20.1. The summed E-state index contributed by atoms with van der Waals surface area (Å²) in [5, 5.41) is 5.31. The Morgan fingerprint density at radius 1 is 1.33 bits per heavy atom. The van der Waals surface area contributed by atoms with Gasteiger partial charge in [0.05, 0.1) is 0 Å². The second kappa shape index (κ2) is 8.75. The van der Waals surface area contributed by atoms with Gasteiger partial charge >= 0.3 is 0 Å². The van der Waals surface area contributed by atoms with Crippen molar-refractivity contribution in [2.75, 3.05) is 34.3 Å². The van der Waals surface area contributed by atoms with Crippen LogP contribution in [0.25, 0.3) is 0 Å². The molecule has 24 heavy (non-hydrogen) atoms. The average Bonchev–Trinajstić information content (AvgIpc) is 2.53. The van der Waals surface area contributed by atoms with Gasteiger partial charge in [-0.1, -0.05) is 18.2 Å². The van der Waals surface area contributed by atoms with Crippen molar-refractivity contribution in [1.29, 1.82) is 0 Å². The van der Waals surface area contributed by atoms with E-state index in [-0.39, 0.29) is 11.5 Å². The van der Waals surface area contributed by atoms with Gasteiger partial charge in [-0.05, 0) is 34.0 Å². The molecule has 2 N–H and O–H groups in total. The lowest BCUT2D eigenvalue weighted by Crippen LogP contribution is -2.52. The first-order valence-electron chi connectivity index (χ1n) is 7.76. The third kappa shape index (κ3) is 5.01. The van der Waals surface area contributed by atoms with Crippen LogP contribution in [0.5, 0.6) is 0 Å². The van der Waals surface area contributed by atoms with E-state index in [0.29, 0.717) is 13.1 Å². The van der Waals surface area contributed by atoms with Crippen molar-refractivity contribution in [1.82, 2.24) is 15.5 Å². The molecule has 0 saturated heterocycles. The number of benzene rings is 1. The highest BCUT2D eigenvalue weighted by atomic mass is 19.1. The number of amides is 2. The Labute approximate surface area is 142 Å². The Balaban J connectivity index is 2.77. The highest BCUT2D eigenvalue weighted by Crippen LogP contribution is 2.27. The summed E-state index contributed by atoms with van der Waals surface area (Å²) in [5.74, 6) is -1.43. The number of halogens is 1. The van der Waals surface area contributed by atoms with Crippen molar-refractivity contribution in [2.24, 2.45) is 0 Å². The summed E-state index contributed by atoms with van der Waals surface area (Å²) in [7, 11) is 5.12. The Kier molecular flexibility index (Phi) is 7.31. The summed E-state index contributed by atoms with van der Waals surface area (Å²) in [6, 6.07) is 5.15. The van der Waals surface area contributed by atoms with Crippen LogP contribution in [0.3, 0.4) is 0 Å². The number of hydrogen-bond acceptors (Lipinski definition) is 4. The molecule has 1 rings (SSSR count). The van der Waals surface area contributed by atoms with Crippen LogP contribution in [0.15, 0.2) is 24.3 Å². The van der Waals surface area contributed by atoms with E-state index >= 15 is 0 Å². The molecular formula is C17H26FN3O3. The molecule has 0 aliphatic carbocycles.